The lowest BCUT2D eigenvalue weighted by Crippen LogP contribution is -2.07. The van der Waals surface area contributed by atoms with Crippen molar-refractivity contribution in [3.63, 3.8) is 0 Å². The highest BCUT2D eigenvalue weighted by Crippen LogP contribution is 2.14. The SMILES string of the molecule is CC(O)Cc1ncc2ccc(Br)cn12. The van der Waals surface area contributed by atoms with Gasteiger partial charge in [-0.2, -0.15) is 0 Å². The lowest BCUT2D eigenvalue weighted by Gasteiger charge is -2.03. The average molecular weight is 255 g/mol. The Labute approximate surface area is 90.5 Å². The van der Waals surface area contributed by atoms with Gasteiger partial charge in [0.05, 0.1) is 17.8 Å². The Morgan fingerprint density at radius 2 is 2.36 bits per heavy atom. The zero-order chi connectivity index (χ0) is 10.1. The van der Waals surface area contributed by atoms with Crippen molar-refractivity contribution < 1.29 is 5.11 Å². The van der Waals surface area contributed by atoms with E-state index in [9.17, 15) is 5.11 Å². The first-order valence-corrected chi connectivity index (χ1v) is 5.25. The van der Waals surface area contributed by atoms with Crippen molar-refractivity contribution in [1.29, 1.82) is 0 Å². The molecule has 2 aromatic heterocycles. The molecule has 0 saturated heterocycles. The van der Waals surface area contributed by atoms with Gasteiger partial charge in [-0.05, 0) is 35.0 Å². The standard InChI is InChI=1S/C10H11BrN2O/c1-7(14)4-10-12-5-9-3-2-8(11)6-13(9)10/h2-3,5-7,14H,4H2,1H3. The van der Waals surface area contributed by atoms with Crippen molar-refractivity contribution in [1.82, 2.24) is 9.38 Å². The van der Waals surface area contributed by atoms with Gasteiger partial charge in [0, 0.05) is 17.1 Å². The van der Waals surface area contributed by atoms with Crippen molar-refractivity contribution in [2.75, 3.05) is 0 Å². The average Bonchev–Trinajstić information content (AvgIpc) is 2.47. The third kappa shape index (κ3) is 1.81. The number of nitrogens with zero attached hydrogens (tertiary/aromatic N) is 2. The van der Waals surface area contributed by atoms with E-state index in [-0.39, 0.29) is 6.10 Å². The minimum Gasteiger partial charge on any atom is -0.393 e. The largest absolute Gasteiger partial charge is 0.393 e. The second kappa shape index (κ2) is 3.71. The van der Waals surface area contributed by atoms with Crippen LogP contribution >= 0.6 is 15.9 Å². The molecule has 0 aliphatic rings. The Balaban J connectivity index is 2.50. The number of aliphatic hydroxyl groups excluding tert-OH is 1. The van der Waals surface area contributed by atoms with Crippen molar-refractivity contribution >= 4 is 21.4 Å². The summed E-state index contributed by atoms with van der Waals surface area (Å²) in [7, 11) is 0. The highest BCUT2D eigenvalue weighted by molar-refractivity contribution is 9.10. The fourth-order valence-corrected chi connectivity index (χ4v) is 1.77. The highest BCUT2D eigenvalue weighted by Gasteiger charge is 2.06. The molecule has 2 rings (SSSR count). The Bertz CT molecular complexity index is 450. The lowest BCUT2D eigenvalue weighted by molar-refractivity contribution is 0.192. The van der Waals surface area contributed by atoms with Gasteiger partial charge in [0.2, 0.25) is 0 Å². The highest BCUT2D eigenvalue weighted by atomic mass is 79.9. The Kier molecular flexibility index (Phi) is 2.56. The second-order valence-electron chi connectivity index (χ2n) is 3.37. The van der Waals surface area contributed by atoms with Crippen LogP contribution in [0.4, 0.5) is 0 Å². The van der Waals surface area contributed by atoms with Crippen LogP contribution in [0, 0.1) is 0 Å². The van der Waals surface area contributed by atoms with E-state index >= 15 is 0 Å². The summed E-state index contributed by atoms with van der Waals surface area (Å²) in [6.07, 6.45) is 3.98. The molecule has 0 amide bonds. The molecule has 0 aliphatic heterocycles. The minimum atomic E-state index is -0.361. The van der Waals surface area contributed by atoms with Crippen molar-refractivity contribution in [2.45, 2.75) is 19.4 Å². The van der Waals surface area contributed by atoms with Gasteiger partial charge in [-0.25, -0.2) is 4.98 Å². The molecule has 3 nitrogen and oxygen atoms in total. The number of rotatable bonds is 2. The summed E-state index contributed by atoms with van der Waals surface area (Å²) in [6.45, 7) is 1.76. The molecule has 1 unspecified atom stereocenters. The van der Waals surface area contributed by atoms with E-state index in [2.05, 4.69) is 20.9 Å². The molecule has 0 aromatic carbocycles. The number of halogens is 1. The monoisotopic (exact) mass is 254 g/mol. The zero-order valence-electron chi connectivity index (χ0n) is 7.81. The Morgan fingerprint density at radius 1 is 1.57 bits per heavy atom. The molecule has 0 saturated carbocycles. The number of imidazole rings is 1. The first-order chi connectivity index (χ1) is 6.66. The van der Waals surface area contributed by atoms with Gasteiger partial charge in [-0.1, -0.05) is 0 Å². The smallest absolute Gasteiger partial charge is 0.115 e. The van der Waals surface area contributed by atoms with E-state index in [1.165, 1.54) is 0 Å². The zero-order valence-corrected chi connectivity index (χ0v) is 9.40. The number of hydrogen-bond donors (Lipinski definition) is 1. The van der Waals surface area contributed by atoms with Crippen LogP contribution in [-0.4, -0.2) is 20.6 Å². The van der Waals surface area contributed by atoms with Gasteiger partial charge < -0.3 is 9.51 Å². The maximum atomic E-state index is 9.29. The van der Waals surface area contributed by atoms with Crippen molar-refractivity contribution in [3.05, 3.63) is 34.8 Å². The molecule has 0 aliphatic carbocycles. The van der Waals surface area contributed by atoms with E-state index < -0.39 is 0 Å². The summed E-state index contributed by atoms with van der Waals surface area (Å²) in [4.78, 5) is 4.26. The third-order valence-corrected chi connectivity index (χ3v) is 2.51. The number of aliphatic hydroxyl groups is 1. The number of aromatic nitrogens is 2. The van der Waals surface area contributed by atoms with Gasteiger partial charge in [0.25, 0.3) is 0 Å². The molecule has 1 atom stereocenters. The number of hydrogen-bond acceptors (Lipinski definition) is 2. The van der Waals surface area contributed by atoms with Crippen molar-refractivity contribution in [3.8, 4) is 0 Å². The van der Waals surface area contributed by atoms with Crippen LogP contribution in [0.2, 0.25) is 0 Å². The van der Waals surface area contributed by atoms with Crippen LogP contribution < -0.4 is 0 Å². The fourth-order valence-electron chi connectivity index (χ4n) is 1.43. The molecule has 74 valence electrons. The van der Waals surface area contributed by atoms with E-state index in [0.717, 1.165) is 15.8 Å². The maximum Gasteiger partial charge on any atom is 0.115 e. The predicted octanol–water partition coefficient (Wildman–Crippen LogP) is 2.02. The summed E-state index contributed by atoms with van der Waals surface area (Å²) in [6, 6.07) is 3.96. The summed E-state index contributed by atoms with van der Waals surface area (Å²) in [5, 5.41) is 9.29. The number of fused-ring (bicyclic) bond motifs is 1. The Hall–Kier alpha value is -0.870. The third-order valence-electron chi connectivity index (χ3n) is 2.05. The van der Waals surface area contributed by atoms with Gasteiger partial charge in [-0.15, -0.1) is 0 Å². The molecule has 1 N–H and O–H groups in total. The van der Waals surface area contributed by atoms with Gasteiger partial charge >= 0.3 is 0 Å². The van der Waals surface area contributed by atoms with Crippen LogP contribution in [0.25, 0.3) is 5.52 Å². The summed E-state index contributed by atoms with van der Waals surface area (Å²) >= 11 is 3.41. The molecule has 4 heteroatoms. The molecule has 14 heavy (non-hydrogen) atoms. The van der Waals surface area contributed by atoms with Crippen LogP contribution in [0.15, 0.2) is 29.0 Å². The van der Waals surface area contributed by atoms with Gasteiger partial charge in [-0.3, -0.25) is 0 Å². The summed E-state index contributed by atoms with van der Waals surface area (Å²) in [5.41, 5.74) is 1.05. The fraction of sp³-hybridized carbons (Fsp3) is 0.300. The van der Waals surface area contributed by atoms with Crippen molar-refractivity contribution in [2.24, 2.45) is 0 Å². The van der Waals surface area contributed by atoms with Crippen LogP contribution in [0.3, 0.4) is 0 Å². The van der Waals surface area contributed by atoms with Gasteiger partial charge in [0.15, 0.2) is 0 Å². The molecular formula is C10H11BrN2O. The second-order valence-corrected chi connectivity index (χ2v) is 4.29. The van der Waals surface area contributed by atoms with Crippen LogP contribution in [-0.2, 0) is 6.42 Å². The predicted molar refractivity (Wildman–Crippen MR) is 58.3 cm³/mol. The molecule has 2 aromatic rings. The van der Waals surface area contributed by atoms with Gasteiger partial charge in [0.1, 0.15) is 5.82 Å². The lowest BCUT2D eigenvalue weighted by atomic mass is 10.3. The molecule has 0 spiro atoms. The molecule has 2 heterocycles. The topological polar surface area (TPSA) is 37.5 Å². The van der Waals surface area contributed by atoms with Crippen LogP contribution in [0.5, 0.6) is 0 Å². The number of pyridine rings is 1. The van der Waals surface area contributed by atoms with E-state index in [1.807, 2.05) is 28.9 Å². The minimum absolute atomic E-state index is 0.361. The normalized spacial score (nSPS) is 13.4. The molecular weight excluding hydrogens is 244 g/mol. The molecule has 0 bridgehead atoms. The van der Waals surface area contributed by atoms with Crippen LogP contribution in [0.1, 0.15) is 12.7 Å². The first-order valence-electron chi connectivity index (χ1n) is 4.46. The van der Waals surface area contributed by atoms with E-state index in [1.54, 1.807) is 6.92 Å². The first kappa shape index (κ1) is 9.68. The maximum absolute atomic E-state index is 9.29. The van der Waals surface area contributed by atoms with E-state index in [4.69, 9.17) is 0 Å². The summed E-state index contributed by atoms with van der Waals surface area (Å²) < 4.78 is 2.99. The molecule has 0 radical (unpaired) electrons. The van der Waals surface area contributed by atoms with E-state index in [0.29, 0.717) is 6.42 Å². The summed E-state index contributed by atoms with van der Waals surface area (Å²) in [5.74, 6) is 0.885. The quantitative estimate of drug-likeness (QED) is 0.891. The molecule has 0 fully saturated rings. The Morgan fingerprint density at radius 3 is 3.07 bits per heavy atom.